The number of carbonyl (C=O) groups is 2. The van der Waals surface area contributed by atoms with Crippen molar-refractivity contribution in [2.45, 2.75) is 50.7 Å². The summed E-state index contributed by atoms with van der Waals surface area (Å²) in [4.78, 5) is 35.3. The van der Waals surface area contributed by atoms with Crippen LogP contribution in [0.15, 0.2) is 97.1 Å². The fraction of sp³-hybridized carbons (Fsp3) is 0.326. The third kappa shape index (κ3) is 8.62. The highest BCUT2D eigenvalue weighted by molar-refractivity contribution is 6.10. The summed E-state index contributed by atoms with van der Waals surface area (Å²) in [7, 11) is 3.27. The summed E-state index contributed by atoms with van der Waals surface area (Å²) >= 11 is 0. The van der Waals surface area contributed by atoms with Crippen LogP contribution in [0.2, 0.25) is 0 Å². The number of fused-ring (bicyclic) bond motifs is 1. The fourth-order valence-corrected chi connectivity index (χ4v) is 7.44. The number of nitrogens with one attached hydrogen (secondary N) is 4. The van der Waals surface area contributed by atoms with E-state index in [0.29, 0.717) is 34.6 Å². The number of para-hydroxylation sites is 1. The third-order valence-corrected chi connectivity index (χ3v) is 10.4. The molecule has 7 rings (SSSR count). The molecule has 5 aromatic rings. The first kappa shape index (κ1) is 35.9. The monoisotopic (exact) mass is 712 g/mol. The molecule has 10 nitrogen and oxygen atoms in total. The Labute approximate surface area is 311 Å². The summed E-state index contributed by atoms with van der Waals surface area (Å²) in [6, 6.07) is 31.6. The van der Waals surface area contributed by atoms with Crippen molar-refractivity contribution >= 4 is 34.1 Å². The van der Waals surface area contributed by atoms with Crippen molar-refractivity contribution in [3.63, 3.8) is 0 Å². The molecule has 2 aliphatic rings. The Bertz CT molecular complexity index is 2020. The fourth-order valence-electron chi connectivity index (χ4n) is 7.44. The zero-order chi connectivity index (χ0) is 36.6. The molecule has 53 heavy (non-hydrogen) atoms. The van der Waals surface area contributed by atoms with E-state index in [-0.39, 0.29) is 23.8 Å². The maximum atomic E-state index is 14.4. The molecule has 2 saturated heterocycles. The van der Waals surface area contributed by atoms with Crippen molar-refractivity contribution in [3.8, 4) is 11.5 Å². The number of hydrogen-bond acceptors (Lipinski definition) is 8. The highest BCUT2D eigenvalue weighted by atomic mass is 16.5. The molecule has 2 amide bonds. The molecule has 2 fully saturated rings. The van der Waals surface area contributed by atoms with E-state index in [2.05, 4.69) is 50.4 Å². The SMILES string of the molecule is COc1cccc(CNC(=O)c2c(C3CCNCC3)nc3c(OC)cccc3c2Nc2ccc(C(=O)NC3CCN(Cc4ccccc4)CC3)cc2)c1. The number of carbonyl (C=O) groups excluding carboxylic acids is 2. The van der Waals surface area contributed by atoms with Crippen LogP contribution in [0.4, 0.5) is 11.4 Å². The van der Waals surface area contributed by atoms with E-state index in [1.807, 2.05) is 72.8 Å². The lowest BCUT2D eigenvalue weighted by Crippen LogP contribution is -2.44. The number of rotatable bonds is 12. The van der Waals surface area contributed by atoms with Gasteiger partial charge in [0.1, 0.15) is 17.0 Å². The first-order valence-corrected chi connectivity index (χ1v) is 18.6. The Kier molecular flexibility index (Phi) is 11.5. The topological polar surface area (TPSA) is 117 Å². The molecule has 0 aliphatic carbocycles. The molecule has 0 atom stereocenters. The Morgan fingerprint density at radius 1 is 0.811 bits per heavy atom. The highest BCUT2D eigenvalue weighted by Crippen LogP contribution is 2.39. The van der Waals surface area contributed by atoms with E-state index in [9.17, 15) is 9.59 Å². The first-order chi connectivity index (χ1) is 26.0. The van der Waals surface area contributed by atoms with Gasteiger partial charge in [-0.05, 0) is 92.4 Å². The molecule has 0 saturated carbocycles. The molecule has 0 radical (unpaired) electrons. The predicted molar refractivity (Wildman–Crippen MR) is 209 cm³/mol. The molecule has 0 spiro atoms. The van der Waals surface area contributed by atoms with Crippen molar-refractivity contribution in [3.05, 3.63) is 125 Å². The minimum Gasteiger partial charge on any atom is -0.497 e. The second-order valence-electron chi connectivity index (χ2n) is 13.9. The lowest BCUT2D eigenvalue weighted by Gasteiger charge is -2.32. The van der Waals surface area contributed by atoms with Crippen LogP contribution >= 0.6 is 0 Å². The van der Waals surface area contributed by atoms with Crippen LogP contribution in [0, 0.1) is 0 Å². The van der Waals surface area contributed by atoms with Crippen LogP contribution in [0.3, 0.4) is 0 Å². The van der Waals surface area contributed by atoms with Crippen LogP contribution in [0.5, 0.6) is 11.5 Å². The van der Waals surface area contributed by atoms with E-state index in [0.717, 1.165) is 86.5 Å². The lowest BCUT2D eigenvalue weighted by atomic mass is 9.89. The number of benzene rings is 4. The average molecular weight is 713 g/mol. The lowest BCUT2D eigenvalue weighted by molar-refractivity contribution is 0.0907. The van der Waals surface area contributed by atoms with E-state index in [1.54, 1.807) is 14.2 Å². The zero-order valence-corrected chi connectivity index (χ0v) is 30.5. The molecular formula is C43H48N6O4. The predicted octanol–water partition coefficient (Wildman–Crippen LogP) is 6.79. The molecule has 1 aromatic heterocycles. The standard InChI is InChI=1S/C43H48N6O4/c1-52-35-11-6-10-30(26-35)27-45-43(51)38-39(31-18-22-44-23-19-31)48-40-36(12-7-13-37(40)53-2)41(38)46-33-16-14-32(15-17-33)42(50)47-34-20-24-49(25-21-34)28-29-8-4-3-5-9-29/h3-17,26,31,34,44H,18-25,27-28H2,1-2H3,(H,45,51)(H,46,48)(H,47,50). The van der Waals surface area contributed by atoms with Crippen LogP contribution in [-0.4, -0.2) is 68.1 Å². The number of likely N-dealkylation sites (tertiary alicyclic amines) is 1. The van der Waals surface area contributed by atoms with Gasteiger partial charge >= 0.3 is 0 Å². The molecule has 0 unspecified atom stereocenters. The van der Waals surface area contributed by atoms with Gasteiger partial charge in [0, 0.05) is 54.8 Å². The van der Waals surface area contributed by atoms with Crippen LogP contribution < -0.4 is 30.7 Å². The molecular weight excluding hydrogens is 665 g/mol. The number of methoxy groups -OCH3 is 2. The van der Waals surface area contributed by atoms with Crippen molar-refractivity contribution < 1.29 is 19.1 Å². The van der Waals surface area contributed by atoms with Gasteiger partial charge in [-0.2, -0.15) is 0 Å². The molecule has 274 valence electrons. The van der Waals surface area contributed by atoms with Crippen LogP contribution in [0.1, 0.15) is 69.1 Å². The van der Waals surface area contributed by atoms with Gasteiger partial charge in [-0.25, -0.2) is 4.98 Å². The number of hydrogen-bond donors (Lipinski definition) is 4. The molecule has 10 heteroatoms. The number of aromatic nitrogens is 1. The Morgan fingerprint density at radius 3 is 2.28 bits per heavy atom. The first-order valence-electron chi connectivity index (χ1n) is 18.6. The molecule has 4 aromatic carbocycles. The molecule has 0 bridgehead atoms. The Hall–Kier alpha value is -5.45. The summed E-state index contributed by atoms with van der Waals surface area (Å²) in [5.41, 5.74) is 6.20. The van der Waals surface area contributed by atoms with E-state index in [4.69, 9.17) is 14.5 Å². The molecule has 2 aliphatic heterocycles. The number of piperidine rings is 2. The van der Waals surface area contributed by atoms with Crippen molar-refractivity contribution in [1.29, 1.82) is 0 Å². The smallest absolute Gasteiger partial charge is 0.255 e. The van der Waals surface area contributed by atoms with E-state index >= 15 is 0 Å². The summed E-state index contributed by atoms with van der Waals surface area (Å²) in [5, 5.41) is 14.2. The third-order valence-electron chi connectivity index (χ3n) is 10.4. The van der Waals surface area contributed by atoms with Crippen molar-refractivity contribution in [2.24, 2.45) is 0 Å². The van der Waals surface area contributed by atoms with Gasteiger partial charge in [-0.3, -0.25) is 14.5 Å². The number of anilines is 2. The van der Waals surface area contributed by atoms with Gasteiger partial charge < -0.3 is 30.7 Å². The van der Waals surface area contributed by atoms with Crippen molar-refractivity contribution in [1.82, 2.24) is 25.8 Å². The normalized spacial score (nSPS) is 15.5. The van der Waals surface area contributed by atoms with Crippen molar-refractivity contribution in [2.75, 3.05) is 45.7 Å². The van der Waals surface area contributed by atoms with Gasteiger partial charge in [-0.15, -0.1) is 0 Å². The van der Waals surface area contributed by atoms with Crippen LogP contribution in [0.25, 0.3) is 10.9 Å². The number of amides is 2. The second-order valence-corrected chi connectivity index (χ2v) is 13.9. The minimum absolute atomic E-state index is 0.0806. The summed E-state index contributed by atoms with van der Waals surface area (Å²) in [6.07, 6.45) is 3.55. The maximum Gasteiger partial charge on any atom is 0.255 e. The van der Waals surface area contributed by atoms with Gasteiger partial charge in [0.15, 0.2) is 0 Å². The summed E-state index contributed by atoms with van der Waals surface area (Å²) in [6.45, 7) is 4.85. The van der Waals surface area contributed by atoms with Gasteiger partial charge in [0.25, 0.3) is 11.8 Å². The summed E-state index contributed by atoms with van der Waals surface area (Å²) < 4.78 is 11.2. The number of nitrogens with zero attached hydrogens (tertiary/aromatic N) is 2. The highest BCUT2D eigenvalue weighted by Gasteiger charge is 2.29. The molecule has 3 heterocycles. The second kappa shape index (κ2) is 16.9. The minimum atomic E-state index is -0.216. The largest absolute Gasteiger partial charge is 0.497 e. The number of pyridine rings is 1. The zero-order valence-electron chi connectivity index (χ0n) is 30.5. The Morgan fingerprint density at radius 2 is 1.55 bits per heavy atom. The quantitative estimate of drug-likeness (QED) is 0.112. The van der Waals surface area contributed by atoms with Gasteiger partial charge in [0.2, 0.25) is 0 Å². The average Bonchev–Trinajstić information content (AvgIpc) is 3.21. The van der Waals surface area contributed by atoms with Crippen LogP contribution in [-0.2, 0) is 13.1 Å². The molecule has 4 N–H and O–H groups in total. The number of ether oxygens (including phenoxy) is 2. The van der Waals surface area contributed by atoms with E-state index < -0.39 is 0 Å². The van der Waals surface area contributed by atoms with E-state index in [1.165, 1.54) is 5.56 Å². The Balaban J connectivity index is 1.13. The maximum absolute atomic E-state index is 14.4. The van der Waals surface area contributed by atoms with Gasteiger partial charge in [0.05, 0.1) is 31.2 Å². The van der Waals surface area contributed by atoms with Gasteiger partial charge in [-0.1, -0.05) is 54.6 Å². The summed E-state index contributed by atoms with van der Waals surface area (Å²) in [5.74, 6) is 1.16.